The van der Waals surface area contributed by atoms with Crippen LogP contribution in [0.4, 0.5) is 0 Å². The van der Waals surface area contributed by atoms with Gasteiger partial charge in [-0.25, -0.2) is 4.98 Å². The average Bonchev–Trinajstić information content (AvgIpc) is 2.84. The number of pyridine rings is 1. The van der Waals surface area contributed by atoms with Crippen LogP contribution in [0, 0.1) is 0 Å². The molecule has 2 rings (SSSR count). The van der Waals surface area contributed by atoms with Crippen LogP contribution in [0.1, 0.15) is 17.9 Å². The van der Waals surface area contributed by atoms with Gasteiger partial charge in [0.2, 0.25) is 0 Å². The highest BCUT2D eigenvalue weighted by molar-refractivity contribution is 9.11. The van der Waals surface area contributed by atoms with Crippen LogP contribution in [0.15, 0.2) is 27.5 Å². The molecule has 0 aliphatic rings. The Morgan fingerprint density at radius 2 is 2.17 bits per heavy atom. The van der Waals surface area contributed by atoms with Crippen LogP contribution in [0.3, 0.4) is 0 Å². The van der Waals surface area contributed by atoms with Gasteiger partial charge >= 0.3 is 0 Å². The number of rotatable bonds is 6. The molecule has 18 heavy (non-hydrogen) atoms. The molecule has 0 unspecified atom stereocenters. The standard InChI is InChI=1S/C11H13Br2N5/c12-8-4-9(13)10(15-5-8)6-14-3-1-2-11-16-7-17-18-11/h4-5,7,14H,1-3,6H2,(H,16,17,18). The van der Waals surface area contributed by atoms with Gasteiger partial charge in [0.05, 0.1) is 5.69 Å². The molecule has 2 aromatic heterocycles. The van der Waals surface area contributed by atoms with Crippen LogP contribution in [-0.2, 0) is 13.0 Å². The van der Waals surface area contributed by atoms with Gasteiger partial charge in [-0.15, -0.1) is 0 Å². The Morgan fingerprint density at radius 1 is 1.28 bits per heavy atom. The molecule has 96 valence electrons. The van der Waals surface area contributed by atoms with Crippen molar-refractivity contribution in [1.29, 1.82) is 0 Å². The van der Waals surface area contributed by atoms with Crippen molar-refractivity contribution in [2.75, 3.05) is 6.54 Å². The van der Waals surface area contributed by atoms with Gasteiger partial charge in [0, 0.05) is 28.1 Å². The summed E-state index contributed by atoms with van der Waals surface area (Å²) >= 11 is 6.87. The third kappa shape index (κ3) is 4.15. The van der Waals surface area contributed by atoms with E-state index in [1.54, 1.807) is 6.20 Å². The lowest BCUT2D eigenvalue weighted by Crippen LogP contribution is -2.16. The van der Waals surface area contributed by atoms with E-state index in [0.717, 1.165) is 46.4 Å². The Morgan fingerprint density at radius 3 is 2.89 bits per heavy atom. The average molecular weight is 375 g/mol. The van der Waals surface area contributed by atoms with Gasteiger partial charge in [-0.1, -0.05) is 0 Å². The summed E-state index contributed by atoms with van der Waals surface area (Å²) in [5.41, 5.74) is 1.01. The molecule has 2 heterocycles. The third-order valence-electron chi connectivity index (χ3n) is 2.41. The Bertz CT molecular complexity index is 486. The third-order valence-corrected chi connectivity index (χ3v) is 3.53. The lowest BCUT2D eigenvalue weighted by Gasteiger charge is -2.05. The minimum absolute atomic E-state index is 0.754. The molecule has 0 amide bonds. The number of nitrogens with zero attached hydrogens (tertiary/aromatic N) is 3. The summed E-state index contributed by atoms with van der Waals surface area (Å²) < 4.78 is 1.99. The van der Waals surface area contributed by atoms with Crippen molar-refractivity contribution in [2.45, 2.75) is 19.4 Å². The van der Waals surface area contributed by atoms with E-state index in [0.29, 0.717) is 0 Å². The van der Waals surface area contributed by atoms with Gasteiger partial charge < -0.3 is 5.32 Å². The van der Waals surface area contributed by atoms with E-state index >= 15 is 0 Å². The SMILES string of the molecule is Brc1cnc(CNCCCc2ncn[nH]2)c(Br)c1. The monoisotopic (exact) mass is 373 g/mol. The van der Waals surface area contributed by atoms with Crippen molar-refractivity contribution < 1.29 is 0 Å². The first-order chi connectivity index (χ1) is 8.75. The maximum absolute atomic E-state index is 4.34. The first-order valence-corrected chi connectivity index (χ1v) is 7.19. The Kier molecular flexibility index (Phi) is 5.27. The van der Waals surface area contributed by atoms with Crippen LogP contribution >= 0.6 is 31.9 Å². The smallest absolute Gasteiger partial charge is 0.137 e. The number of H-pyrrole nitrogens is 1. The van der Waals surface area contributed by atoms with Gasteiger partial charge in [-0.05, 0) is 50.9 Å². The van der Waals surface area contributed by atoms with E-state index in [1.807, 2.05) is 6.07 Å². The van der Waals surface area contributed by atoms with Crippen LogP contribution < -0.4 is 5.32 Å². The molecule has 0 saturated heterocycles. The molecule has 0 saturated carbocycles. The van der Waals surface area contributed by atoms with Crippen LogP contribution in [0.2, 0.25) is 0 Å². The molecule has 0 fully saturated rings. The number of nitrogens with one attached hydrogen (secondary N) is 2. The van der Waals surface area contributed by atoms with E-state index in [1.165, 1.54) is 6.33 Å². The summed E-state index contributed by atoms with van der Waals surface area (Å²) in [6.45, 7) is 1.68. The molecule has 0 aromatic carbocycles. The van der Waals surface area contributed by atoms with Crippen molar-refractivity contribution in [3.63, 3.8) is 0 Å². The molecule has 0 aliphatic heterocycles. The summed E-state index contributed by atoms with van der Waals surface area (Å²) in [5, 5.41) is 10.0. The predicted octanol–water partition coefficient (Wildman–Crippen LogP) is 2.45. The van der Waals surface area contributed by atoms with Gasteiger partial charge in [0.15, 0.2) is 0 Å². The van der Waals surface area contributed by atoms with E-state index in [9.17, 15) is 0 Å². The number of hydrogen-bond donors (Lipinski definition) is 2. The molecule has 7 heteroatoms. The first-order valence-electron chi connectivity index (χ1n) is 5.60. The van der Waals surface area contributed by atoms with E-state index in [-0.39, 0.29) is 0 Å². The largest absolute Gasteiger partial charge is 0.311 e. The zero-order chi connectivity index (χ0) is 12.8. The van der Waals surface area contributed by atoms with Crippen LogP contribution in [-0.4, -0.2) is 26.7 Å². The maximum atomic E-state index is 4.34. The van der Waals surface area contributed by atoms with Crippen molar-refractivity contribution in [3.05, 3.63) is 39.1 Å². The Balaban J connectivity index is 1.69. The summed E-state index contributed by atoms with van der Waals surface area (Å²) in [4.78, 5) is 8.42. The highest BCUT2D eigenvalue weighted by Gasteiger charge is 2.02. The van der Waals surface area contributed by atoms with Crippen molar-refractivity contribution >= 4 is 31.9 Å². The molecule has 0 bridgehead atoms. The zero-order valence-corrected chi connectivity index (χ0v) is 12.8. The molecular weight excluding hydrogens is 362 g/mol. The fourth-order valence-corrected chi connectivity index (χ4v) is 2.64. The fraction of sp³-hybridized carbons (Fsp3) is 0.364. The molecule has 0 atom stereocenters. The molecule has 5 nitrogen and oxygen atoms in total. The molecule has 0 aliphatic carbocycles. The van der Waals surface area contributed by atoms with Crippen molar-refractivity contribution in [2.24, 2.45) is 0 Å². The number of aromatic nitrogens is 4. The van der Waals surface area contributed by atoms with E-state index < -0.39 is 0 Å². The van der Waals surface area contributed by atoms with Gasteiger partial charge in [-0.3, -0.25) is 10.1 Å². The summed E-state index contributed by atoms with van der Waals surface area (Å²) in [5.74, 6) is 0.930. The molecule has 0 radical (unpaired) electrons. The Hall–Kier alpha value is -0.790. The number of halogens is 2. The Labute approximate surface area is 122 Å². The van der Waals surface area contributed by atoms with Crippen LogP contribution in [0.5, 0.6) is 0 Å². The summed E-state index contributed by atoms with van der Waals surface area (Å²) in [6, 6.07) is 2.00. The fourth-order valence-electron chi connectivity index (χ4n) is 1.51. The molecular formula is C11H13Br2N5. The van der Waals surface area contributed by atoms with E-state index in [2.05, 4.69) is 57.3 Å². The van der Waals surface area contributed by atoms with Crippen LogP contribution in [0.25, 0.3) is 0 Å². The lowest BCUT2D eigenvalue weighted by molar-refractivity contribution is 0.630. The van der Waals surface area contributed by atoms with Gasteiger partial charge in [0.25, 0.3) is 0 Å². The highest BCUT2D eigenvalue weighted by Crippen LogP contribution is 2.19. The van der Waals surface area contributed by atoms with Gasteiger partial charge in [0.1, 0.15) is 12.2 Å². The molecule has 2 N–H and O–H groups in total. The van der Waals surface area contributed by atoms with Crippen molar-refractivity contribution in [1.82, 2.24) is 25.5 Å². The molecule has 0 spiro atoms. The maximum Gasteiger partial charge on any atom is 0.137 e. The van der Waals surface area contributed by atoms with Gasteiger partial charge in [-0.2, -0.15) is 5.10 Å². The topological polar surface area (TPSA) is 66.5 Å². The minimum atomic E-state index is 0.754. The first kappa shape index (κ1) is 13.6. The number of aromatic amines is 1. The lowest BCUT2D eigenvalue weighted by atomic mass is 10.3. The summed E-state index contributed by atoms with van der Waals surface area (Å²) in [6.07, 6.45) is 5.26. The zero-order valence-electron chi connectivity index (χ0n) is 9.66. The molecule has 2 aromatic rings. The van der Waals surface area contributed by atoms with E-state index in [4.69, 9.17) is 0 Å². The summed E-state index contributed by atoms with van der Waals surface area (Å²) in [7, 11) is 0. The second-order valence-electron chi connectivity index (χ2n) is 3.79. The number of aryl methyl sites for hydroxylation is 1. The second-order valence-corrected chi connectivity index (χ2v) is 5.56. The highest BCUT2D eigenvalue weighted by atomic mass is 79.9. The van der Waals surface area contributed by atoms with Crippen molar-refractivity contribution in [3.8, 4) is 0 Å². The second kappa shape index (κ2) is 6.96. The quantitative estimate of drug-likeness (QED) is 0.762. The minimum Gasteiger partial charge on any atom is -0.311 e. The predicted molar refractivity (Wildman–Crippen MR) is 76.0 cm³/mol. The normalized spacial score (nSPS) is 10.8. The number of hydrogen-bond acceptors (Lipinski definition) is 4.